The van der Waals surface area contributed by atoms with Crippen LogP contribution in [0.25, 0.3) is 6.08 Å². The number of hydrogen-bond donors (Lipinski definition) is 1. The topological polar surface area (TPSA) is 67.9 Å². The van der Waals surface area contributed by atoms with Crippen LogP contribution in [0, 0.1) is 11.6 Å². The maximum absolute atomic E-state index is 13.7. The van der Waals surface area contributed by atoms with Gasteiger partial charge in [-0.3, -0.25) is 9.59 Å². The normalized spacial score (nSPS) is 16.4. The summed E-state index contributed by atoms with van der Waals surface area (Å²) in [5, 5.41) is 3.13. The highest BCUT2D eigenvalue weighted by Gasteiger charge is 2.24. The molecule has 1 fully saturated rings. The van der Waals surface area contributed by atoms with Gasteiger partial charge in [0.25, 0.3) is 0 Å². The fourth-order valence-electron chi connectivity index (χ4n) is 3.03. The van der Waals surface area contributed by atoms with Crippen molar-refractivity contribution < 1.29 is 27.8 Å². The molecule has 1 atom stereocenters. The zero-order valence-electron chi connectivity index (χ0n) is 16.7. The molecule has 0 aromatic heterocycles. The molecule has 3 rings (SSSR count). The van der Waals surface area contributed by atoms with Crippen LogP contribution in [-0.2, 0) is 14.3 Å². The van der Waals surface area contributed by atoms with Crippen molar-refractivity contribution in [3.8, 4) is 5.75 Å². The average Bonchev–Trinajstić information content (AvgIpc) is 2.73. The third kappa shape index (κ3) is 6.50. The van der Waals surface area contributed by atoms with Crippen LogP contribution >= 0.6 is 11.6 Å². The lowest BCUT2D eigenvalue weighted by molar-refractivity contribution is -0.134. The van der Waals surface area contributed by atoms with Gasteiger partial charge in [-0.05, 0) is 35.9 Å². The van der Waals surface area contributed by atoms with Crippen LogP contribution in [-0.4, -0.2) is 49.1 Å². The van der Waals surface area contributed by atoms with E-state index in [1.54, 1.807) is 29.2 Å². The van der Waals surface area contributed by atoms with E-state index in [2.05, 4.69) is 5.32 Å². The third-order valence-corrected chi connectivity index (χ3v) is 4.74. The summed E-state index contributed by atoms with van der Waals surface area (Å²) in [6.45, 7) is 2.26. The Morgan fingerprint density at radius 2 is 2.10 bits per heavy atom. The second-order valence-electron chi connectivity index (χ2n) is 6.91. The molecule has 164 valence electrons. The van der Waals surface area contributed by atoms with Crippen molar-refractivity contribution in [3.63, 3.8) is 0 Å². The van der Waals surface area contributed by atoms with Crippen molar-refractivity contribution in [1.29, 1.82) is 0 Å². The van der Waals surface area contributed by atoms with Crippen molar-refractivity contribution in [2.24, 2.45) is 0 Å². The molecule has 0 bridgehead atoms. The Balaban J connectivity index is 1.61. The molecule has 1 unspecified atom stereocenters. The molecule has 9 heteroatoms. The van der Waals surface area contributed by atoms with Crippen LogP contribution < -0.4 is 10.1 Å². The highest BCUT2D eigenvalue weighted by Crippen LogP contribution is 2.23. The lowest BCUT2D eigenvalue weighted by Gasteiger charge is -2.32. The summed E-state index contributed by atoms with van der Waals surface area (Å²) >= 11 is 5.97. The van der Waals surface area contributed by atoms with E-state index in [-0.39, 0.29) is 37.3 Å². The van der Waals surface area contributed by atoms with E-state index in [0.29, 0.717) is 22.8 Å². The minimum atomic E-state index is -0.675. The van der Waals surface area contributed by atoms with Crippen molar-refractivity contribution in [2.75, 3.05) is 31.6 Å². The summed E-state index contributed by atoms with van der Waals surface area (Å²) < 4.78 is 37.8. The molecule has 0 saturated carbocycles. The number of hydrogen-bond acceptors (Lipinski definition) is 4. The molecule has 1 aliphatic heterocycles. The fraction of sp³-hybridized carbons (Fsp3) is 0.273. The van der Waals surface area contributed by atoms with Gasteiger partial charge in [0, 0.05) is 36.3 Å². The standard InChI is InChI=1S/C22H21ClF2N2O4/c1-14(28)26-20-10-16(23)4-2-15(20)3-7-22(29)27-8-9-30-18(12-27)13-31-21-11-17(24)5-6-19(21)25/h2-7,10-11,18H,8-9,12-13H2,1H3,(H,26,28). The number of halogens is 3. The minimum absolute atomic E-state index is 0.0300. The number of amides is 2. The number of ether oxygens (including phenoxy) is 2. The molecule has 2 aromatic rings. The van der Waals surface area contributed by atoms with Crippen LogP contribution in [0.1, 0.15) is 12.5 Å². The Hall–Kier alpha value is -2.97. The predicted octanol–water partition coefficient (Wildman–Crippen LogP) is 3.90. The Morgan fingerprint density at radius 1 is 1.29 bits per heavy atom. The molecule has 1 N–H and O–H groups in total. The van der Waals surface area contributed by atoms with Crippen molar-refractivity contribution >= 4 is 35.2 Å². The first-order valence-electron chi connectivity index (χ1n) is 9.55. The van der Waals surface area contributed by atoms with Gasteiger partial charge in [-0.15, -0.1) is 0 Å². The lowest BCUT2D eigenvalue weighted by atomic mass is 10.1. The second-order valence-corrected chi connectivity index (χ2v) is 7.35. The SMILES string of the molecule is CC(=O)Nc1cc(Cl)ccc1C=CC(=O)N1CCOC(COc2cc(F)ccc2F)C1. The molecule has 1 heterocycles. The first-order valence-corrected chi connectivity index (χ1v) is 9.93. The fourth-order valence-corrected chi connectivity index (χ4v) is 3.20. The molecule has 1 aliphatic rings. The van der Waals surface area contributed by atoms with Gasteiger partial charge in [-0.25, -0.2) is 8.78 Å². The van der Waals surface area contributed by atoms with Crippen LogP contribution in [0.4, 0.5) is 14.5 Å². The van der Waals surface area contributed by atoms with Crippen molar-refractivity contribution in [2.45, 2.75) is 13.0 Å². The maximum Gasteiger partial charge on any atom is 0.246 e. The quantitative estimate of drug-likeness (QED) is 0.678. The van der Waals surface area contributed by atoms with E-state index in [4.69, 9.17) is 21.1 Å². The zero-order chi connectivity index (χ0) is 22.4. The van der Waals surface area contributed by atoms with Gasteiger partial charge in [-0.1, -0.05) is 17.7 Å². The van der Waals surface area contributed by atoms with E-state index in [1.165, 1.54) is 13.0 Å². The summed E-state index contributed by atoms with van der Waals surface area (Å²) in [5.74, 6) is -2.00. The summed E-state index contributed by atoms with van der Waals surface area (Å²) in [4.78, 5) is 25.6. The molecule has 2 aromatic carbocycles. The minimum Gasteiger partial charge on any atom is -0.488 e. The smallest absolute Gasteiger partial charge is 0.246 e. The van der Waals surface area contributed by atoms with Crippen LogP contribution in [0.5, 0.6) is 5.75 Å². The second kappa shape index (κ2) is 10.4. The number of nitrogens with one attached hydrogen (secondary N) is 1. The zero-order valence-corrected chi connectivity index (χ0v) is 17.5. The van der Waals surface area contributed by atoms with Crippen molar-refractivity contribution in [3.05, 3.63) is 64.7 Å². The highest BCUT2D eigenvalue weighted by atomic mass is 35.5. The number of rotatable bonds is 6. The number of carbonyl (C=O) groups excluding carboxylic acids is 2. The molecular weight excluding hydrogens is 430 g/mol. The summed E-state index contributed by atoms with van der Waals surface area (Å²) in [6.07, 6.45) is 2.50. The van der Waals surface area contributed by atoms with Crippen LogP contribution in [0.2, 0.25) is 5.02 Å². The first-order chi connectivity index (χ1) is 14.8. The largest absolute Gasteiger partial charge is 0.488 e. The molecule has 2 amide bonds. The van der Waals surface area contributed by atoms with E-state index in [1.807, 2.05) is 0 Å². The highest BCUT2D eigenvalue weighted by molar-refractivity contribution is 6.31. The summed E-state index contributed by atoms with van der Waals surface area (Å²) in [7, 11) is 0. The van der Waals surface area contributed by atoms with Crippen LogP contribution in [0.3, 0.4) is 0 Å². The summed E-state index contributed by atoms with van der Waals surface area (Å²) in [5.41, 5.74) is 1.12. The number of morpholine rings is 1. The molecule has 6 nitrogen and oxygen atoms in total. The van der Waals surface area contributed by atoms with E-state index in [9.17, 15) is 18.4 Å². The lowest BCUT2D eigenvalue weighted by Crippen LogP contribution is -2.47. The molecule has 31 heavy (non-hydrogen) atoms. The number of carbonyl (C=O) groups is 2. The van der Waals surface area contributed by atoms with Gasteiger partial charge in [0.2, 0.25) is 11.8 Å². The van der Waals surface area contributed by atoms with Crippen molar-refractivity contribution in [1.82, 2.24) is 4.90 Å². The molecule has 1 saturated heterocycles. The Morgan fingerprint density at radius 3 is 2.87 bits per heavy atom. The molecule has 0 radical (unpaired) electrons. The predicted molar refractivity (Wildman–Crippen MR) is 113 cm³/mol. The van der Waals surface area contributed by atoms with E-state index >= 15 is 0 Å². The first kappa shape index (κ1) is 22.7. The monoisotopic (exact) mass is 450 g/mol. The molecule has 0 spiro atoms. The third-order valence-electron chi connectivity index (χ3n) is 4.50. The van der Waals surface area contributed by atoms with Gasteiger partial charge < -0.3 is 19.7 Å². The van der Waals surface area contributed by atoms with E-state index in [0.717, 1.165) is 18.2 Å². The van der Waals surface area contributed by atoms with E-state index < -0.39 is 17.7 Å². The van der Waals surface area contributed by atoms with Gasteiger partial charge in [0.1, 0.15) is 18.5 Å². The number of nitrogens with zero attached hydrogens (tertiary/aromatic N) is 1. The van der Waals surface area contributed by atoms with Gasteiger partial charge >= 0.3 is 0 Å². The average molecular weight is 451 g/mol. The number of anilines is 1. The Bertz CT molecular complexity index is 999. The van der Waals surface area contributed by atoms with Gasteiger partial charge in [0.05, 0.1) is 13.2 Å². The van der Waals surface area contributed by atoms with Crippen LogP contribution in [0.15, 0.2) is 42.5 Å². The Labute approximate surface area is 183 Å². The summed E-state index contributed by atoms with van der Waals surface area (Å²) in [6, 6.07) is 7.90. The number of benzene rings is 2. The Kier molecular flexibility index (Phi) is 7.59. The molecule has 0 aliphatic carbocycles. The molecular formula is C22H21ClF2N2O4. The van der Waals surface area contributed by atoms with Gasteiger partial charge in [-0.2, -0.15) is 0 Å². The van der Waals surface area contributed by atoms with Gasteiger partial charge in [0.15, 0.2) is 11.6 Å². The maximum atomic E-state index is 13.7.